The van der Waals surface area contributed by atoms with Crippen LogP contribution in [0.3, 0.4) is 0 Å². The zero-order chi connectivity index (χ0) is 14.6. The van der Waals surface area contributed by atoms with Gasteiger partial charge in [0.2, 0.25) is 0 Å². The molecule has 0 aliphatic heterocycles. The summed E-state index contributed by atoms with van der Waals surface area (Å²) in [5.74, 6) is 0.207. The van der Waals surface area contributed by atoms with Crippen LogP contribution in [-0.2, 0) is 6.54 Å². The van der Waals surface area contributed by atoms with Gasteiger partial charge in [0, 0.05) is 30.2 Å². The maximum Gasteiger partial charge on any atom is 0.387 e. The maximum atomic E-state index is 12.3. The van der Waals surface area contributed by atoms with E-state index in [1.54, 1.807) is 24.3 Å². The molecular formula is C15H21F2NO2. The molecule has 2 rings (SSSR count). The van der Waals surface area contributed by atoms with Crippen LogP contribution in [0.15, 0.2) is 24.3 Å². The number of hydrogen-bond donors (Lipinski definition) is 2. The Bertz CT molecular complexity index is 442. The van der Waals surface area contributed by atoms with E-state index >= 15 is 0 Å². The molecule has 0 bridgehead atoms. The summed E-state index contributed by atoms with van der Waals surface area (Å²) < 4.78 is 29.2. The number of rotatable bonds is 6. The van der Waals surface area contributed by atoms with Crippen LogP contribution >= 0.6 is 0 Å². The van der Waals surface area contributed by atoms with Crippen LogP contribution in [0, 0.1) is 5.41 Å². The number of ether oxygens (including phenoxy) is 1. The number of aliphatic hydroxyl groups excluding tert-OH is 1. The third-order valence-electron chi connectivity index (χ3n) is 4.17. The molecule has 112 valence electrons. The summed E-state index contributed by atoms with van der Waals surface area (Å²) in [6.45, 7) is -0.160. The number of alkyl halides is 2. The lowest BCUT2D eigenvalue weighted by Gasteiger charge is -2.30. The molecule has 0 amide bonds. The number of aliphatic hydroxyl groups is 1. The van der Waals surface area contributed by atoms with E-state index in [4.69, 9.17) is 0 Å². The number of nitrogens with one attached hydrogen (secondary N) is 1. The third kappa shape index (κ3) is 3.46. The van der Waals surface area contributed by atoms with Crippen LogP contribution in [0.4, 0.5) is 8.78 Å². The molecule has 1 aromatic rings. The molecule has 1 saturated carbocycles. The van der Waals surface area contributed by atoms with Crippen LogP contribution in [0.2, 0.25) is 0 Å². The molecule has 0 aromatic heterocycles. The van der Waals surface area contributed by atoms with E-state index < -0.39 is 6.61 Å². The molecule has 2 atom stereocenters. The monoisotopic (exact) mass is 285 g/mol. The highest BCUT2D eigenvalue weighted by atomic mass is 19.3. The second kappa shape index (κ2) is 6.50. The van der Waals surface area contributed by atoms with Gasteiger partial charge in [-0.05, 0) is 18.9 Å². The SMILES string of the molecule is CC1(CO)CCCC1NCc1ccccc1OC(F)F. The molecule has 1 aliphatic carbocycles. The fourth-order valence-electron chi connectivity index (χ4n) is 2.86. The van der Waals surface area contributed by atoms with Gasteiger partial charge in [0.25, 0.3) is 0 Å². The summed E-state index contributed by atoms with van der Waals surface area (Å²) in [5, 5.41) is 12.9. The van der Waals surface area contributed by atoms with Gasteiger partial charge >= 0.3 is 6.61 Å². The standard InChI is InChI=1S/C15H21F2NO2/c1-15(10-19)8-4-7-13(15)18-9-11-5-2-3-6-12(11)20-14(16)17/h2-3,5-6,13-14,18-19H,4,7-10H2,1H3. The second-order valence-corrected chi connectivity index (χ2v) is 5.62. The van der Waals surface area contributed by atoms with Crippen molar-refractivity contribution in [3.63, 3.8) is 0 Å². The first-order chi connectivity index (χ1) is 9.55. The Hall–Kier alpha value is -1.20. The van der Waals surface area contributed by atoms with Crippen molar-refractivity contribution in [2.45, 2.75) is 45.4 Å². The Morgan fingerprint density at radius 1 is 1.45 bits per heavy atom. The van der Waals surface area contributed by atoms with Gasteiger partial charge in [0.15, 0.2) is 0 Å². The van der Waals surface area contributed by atoms with Gasteiger partial charge < -0.3 is 15.2 Å². The minimum Gasteiger partial charge on any atom is -0.434 e. The molecule has 0 radical (unpaired) electrons. The summed E-state index contributed by atoms with van der Waals surface area (Å²) in [5.41, 5.74) is 0.582. The first kappa shape index (κ1) is 15.2. The van der Waals surface area contributed by atoms with Crippen LogP contribution in [0.1, 0.15) is 31.7 Å². The van der Waals surface area contributed by atoms with E-state index in [0.29, 0.717) is 12.1 Å². The molecule has 0 saturated heterocycles. The van der Waals surface area contributed by atoms with Gasteiger partial charge in [0.1, 0.15) is 5.75 Å². The average molecular weight is 285 g/mol. The quantitative estimate of drug-likeness (QED) is 0.844. The largest absolute Gasteiger partial charge is 0.434 e. The summed E-state index contributed by atoms with van der Waals surface area (Å²) in [7, 11) is 0. The number of hydrogen-bond acceptors (Lipinski definition) is 3. The van der Waals surface area contributed by atoms with Gasteiger partial charge in [-0.2, -0.15) is 8.78 Å². The molecule has 1 aliphatic rings. The summed E-state index contributed by atoms with van der Waals surface area (Å²) in [6.07, 6.45) is 3.05. The Morgan fingerprint density at radius 3 is 2.90 bits per heavy atom. The van der Waals surface area contributed by atoms with Crippen molar-refractivity contribution in [2.75, 3.05) is 6.61 Å². The van der Waals surface area contributed by atoms with Crippen LogP contribution < -0.4 is 10.1 Å². The molecule has 20 heavy (non-hydrogen) atoms. The van der Waals surface area contributed by atoms with Crippen molar-refractivity contribution in [3.8, 4) is 5.75 Å². The van der Waals surface area contributed by atoms with Crippen LogP contribution in [0.5, 0.6) is 5.75 Å². The second-order valence-electron chi connectivity index (χ2n) is 5.62. The zero-order valence-corrected chi connectivity index (χ0v) is 11.6. The van der Waals surface area contributed by atoms with Crippen molar-refractivity contribution in [3.05, 3.63) is 29.8 Å². The Balaban J connectivity index is 2.00. The molecule has 1 fully saturated rings. The average Bonchev–Trinajstić information content (AvgIpc) is 2.79. The van der Waals surface area contributed by atoms with Crippen molar-refractivity contribution in [2.24, 2.45) is 5.41 Å². The fourth-order valence-corrected chi connectivity index (χ4v) is 2.86. The van der Waals surface area contributed by atoms with E-state index in [-0.39, 0.29) is 23.8 Å². The van der Waals surface area contributed by atoms with E-state index in [2.05, 4.69) is 17.0 Å². The molecule has 0 spiro atoms. The predicted molar refractivity (Wildman–Crippen MR) is 72.7 cm³/mol. The van der Waals surface area contributed by atoms with E-state index in [1.165, 1.54) is 0 Å². The highest BCUT2D eigenvalue weighted by molar-refractivity contribution is 5.33. The first-order valence-electron chi connectivity index (χ1n) is 6.92. The normalized spacial score (nSPS) is 26.1. The van der Waals surface area contributed by atoms with E-state index in [9.17, 15) is 13.9 Å². The number of benzene rings is 1. The minimum absolute atomic E-state index is 0.126. The maximum absolute atomic E-state index is 12.3. The van der Waals surface area contributed by atoms with Gasteiger partial charge in [-0.25, -0.2) is 0 Å². The first-order valence-corrected chi connectivity index (χ1v) is 6.92. The molecule has 0 heterocycles. The highest BCUT2D eigenvalue weighted by Gasteiger charge is 2.37. The lowest BCUT2D eigenvalue weighted by molar-refractivity contribution is -0.0505. The number of para-hydroxylation sites is 1. The minimum atomic E-state index is -2.81. The van der Waals surface area contributed by atoms with Crippen molar-refractivity contribution in [1.82, 2.24) is 5.32 Å². The van der Waals surface area contributed by atoms with E-state index in [1.807, 2.05) is 0 Å². The topological polar surface area (TPSA) is 41.5 Å². The van der Waals surface area contributed by atoms with Gasteiger partial charge in [0.05, 0.1) is 0 Å². The lowest BCUT2D eigenvalue weighted by Crippen LogP contribution is -2.41. The summed E-state index contributed by atoms with van der Waals surface area (Å²) in [6, 6.07) is 7.00. The Kier molecular flexibility index (Phi) is 4.94. The molecule has 3 nitrogen and oxygen atoms in total. The molecular weight excluding hydrogens is 264 g/mol. The zero-order valence-electron chi connectivity index (χ0n) is 11.6. The van der Waals surface area contributed by atoms with Crippen molar-refractivity contribution < 1.29 is 18.6 Å². The fraction of sp³-hybridized carbons (Fsp3) is 0.600. The van der Waals surface area contributed by atoms with Crippen molar-refractivity contribution in [1.29, 1.82) is 0 Å². The molecule has 5 heteroatoms. The molecule has 1 aromatic carbocycles. The van der Waals surface area contributed by atoms with E-state index in [0.717, 1.165) is 19.3 Å². The van der Waals surface area contributed by atoms with Crippen molar-refractivity contribution >= 4 is 0 Å². The molecule has 2 N–H and O–H groups in total. The van der Waals surface area contributed by atoms with Crippen LogP contribution in [-0.4, -0.2) is 24.4 Å². The smallest absolute Gasteiger partial charge is 0.387 e. The summed E-state index contributed by atoms with van der Waals surface area (Å²) in [4.78, 5) is 0. The highest BCUT2D eigenvalue weighted by Crippen LogP contribution is 2.37. The summed E-state index contributed by atoms with van der Waals surface area (Å²) >= 11 is 0. The lowest BCUT2D eigenvalue weighted by atomic mass is 9.85. The Morgan fingerprint density at radius 2 is 2.20 bits per heavy atom. The van der Waals surface area contributed by atoms with Crippen LogP contribution in [0.25, 0.3) is 0 Å². The third-order valence-corrected chi connectivity index (χ3v) is 4.17. The Labute approximate surface area is 117 Å². The van der Waals surface area contributed by atoms with Gasteiger partial charge in [-0.15, -0.1) is 0 Å². The van der Waals surface area contributed by atoms with Gasteiger partial charge in [-0.3, -0.25) is 0 Å². The predicted octanol–water partition coefficient (Wildman–Crippen LogP) is 2.93. The van der Waals surface area contributed by atoms with Gasteiger partial charge in [-0.1, -0.05) is 31.5 Å². The molecule has 2 unspecified atom stereocenters. The number of halogens is 2.